The van der Waals surface area contributed by atoms with Crippen molar-refractivity contribution < 1.29 is 14.4 Å². The smallest absolute Gasteiger partial charge is 0.239 e. The summed E-state index contributed by atoms with van der Waals surface area (Å²) in [4.78, 5) is 44.9. The number of carbonyl (C=O) groups is 3. The van der Waals surface area contributed by atoms with E-state index >= 15 is 0 Å². The fraction of sp³-hybridized carbons (Fsp3) is 0.667. The SMILES string of the molecule is O=C(CN1CNC2CCC(N3CCN(C(=O)C4CCCC4)CC3)CC2C1=O)NCc1ccc(Cl)c(Cl)c1. The minimum Gasteiger partial charge on any atom is -0.350 e. The summed E-state index contributed by atoms with van der Waals surface area (Å²) in [7, 11) is 0. The van der Waals surface area contributed by atoms with Crippen LogP contribution in [0.15, 0.2) is 18.2 Å². The average molecular weight is 551 g/mol. The summed E-state index contributed by atoms with van der Waals surface area (Å²) in [6.07, 6.45) is 7.27. The van der Waals surface area contributed by atoms with Crippen molar-refractivity contribution in [3.63, 3.8) is 0 Å². The molecule has 37 heavy (non-hydrogen) atoms. The van der Waals surface area contributed by atoms with E-state index in [0.29, 0.717) is 35.2 Å². The molecule has 0 radical (unpaired) electrons. The minimum absolute atomic E-state index is 0.0307. The molecule has 2 saturated carbocycles. The topological polar surface area (TPSA) is 85.0 Å². The number of piperazine rings is 1. The van der Waals surface area contributed by atoms with Gasteiger partial charge in [-0.3, -0.25) is 24.6 Å². The molecule has 2 N–H and O–H groups in total. The molecule has 2 aliphatic heterocycles. The molecule has 4 fully saturated rings. The highest BCUT2D eigenvalue weighted by molar-refractivity contribution is 6.42. The lowest BCUT2D eigenvalue weighted by atomic mass is 9.79. The van der Waals surface area contributed by atoms with Gasteiger partial charge in [-0.25, -0.2) is 0 Å². The highest BCUT2D eigenvalue weighted by Gasteiger charge is 2.43. The van der Waals surface area contributed by atoms with Gasteiger partial charge in [-0.1, -0.05) is 42.1 Å². The Morgan fingerprint density at radius 2 is 1.76 bits per heavy atom. The maximum atomic E-state index is 13.4. The second-order valence-corrected chi connectivity index (χ2v) is 11.8. The first-order valence-electron chi connectivity index (χ1n) is 13.6. The first-order valence-corrected chi connectivity index (χ1v) is 14.4. The number of hydrogen-bond acceptors (Lipinski definition) is 5. The van der Waals surface area contributed by atoms with Crippen molar-refractivity contribution in [3.8, 4) is 0 Å². The number of nitrogens with zero attached hydrogens (tertiary/aromatic N) is 3. The van der Waals surface area contributed by atoms with Crippen LogP contribution in [0.2, 0.25) is 10.0 Å². The molecule has 10 heteroatoms. The third-order valence-corrected chi connectivity index (χ3v) is 9.39. The van der Waals surface area contributed by atoms with Gasteiger partial charge in [-0.05, 0) is 49.8 Å². The maximum Gasteiger partial charge on any atom is 0.239 e. The summed E-state index contributed by atoms with van der Waals surface area (Å²) in [6, 6.07) is 5.77. The van der Waals surface area contributed by atoms with E-state index in [1.54, 1.807) is 17.0 Å². The molecule has 1 aromatic rings. The average Bonchev–Trinajstić information content (AvgIpc) is 3.46. The summed E-state index contributed by atoms with van der Waals surface area (Å²) >= 11 is 12.0. The van der Waals surface area contributed by atoms with Crippen molar-refractivity contribution in [2.24, 2.45) is 11.8 Å². The van der Waals surface area contributed by atoms with Crippen LogP contribution in [0.4, 0.5) is 0 Å². The van der Waals surface area contributed by atoms with Crippen LogP contribution in [0.3, 0.4) is 0 Å². The molecular formula is C27H37Cl2N5O3. The van der Waals surface area contributed by atoms with E-state index in [1.165, 1.54) is 12.8 Å². The molecule has 2 heterocycles. The maximum absolute atomic E-state index is 13.4. The first-order chi connectivity index (χ1) is 17.9. The van der Waals surface area contributed by atoms with Crippen LogP contribution in [0.5, 0.6) is 0 Å². The molecule has 0 bridgehead atoms. The largest absolute Gasteiger partial charge is 0.350 e. The Morgan fingerprint density at radius 1 is 1.00 bits per heavy atom. The van der Waals surface area contributed by atoms with Gasteiger partial charge in [-0.2, -0.15) is 0 Å². The van der Waals surface area contributed by atoms with Crippen LogP contribution >= 0.6 is 23.2 Å². The number of nitrogens with one attached hydrogen (secondary N) is 2. The number of fused-ring (bicyclic) bond motifs is 1. The minimum atomic E-state index is -0.199. The van der Waals surface area contributed by atoms with Crippen molar-refractivity contribution in [1.82, 2.24) is 25.3 Å². The summed E-state index contributed by atoms with van der Waals surface area (Å²) in [6.45, 7) is 4.09. The van der Waals surface area contributed by atoms with Crippen LogP contribution in [0.1, 0.15) is 50.5 Å². The zero-order chi connectivity index (χ0) is 25.9. The van der Waals surface area contributed by atoms with Gasteiger partial charge in [0.1, 0.15) is 6.54 Å². The molecule has 0 spiro atoms. The predicted octanol–water partition coefficient (Wildman–Crippen LogP) is 2.87. The van der Waals surface area contributed by atoms with E-state index in [4.69, 9.17) is 23.2 Å². The van der Waals surface area contributed by atoms with Gasteiger partial charge in [0, 0.05) is 50.7 Å². The number of benzene rings is 1. The Labute approximate surface area is 229 Å². The lowest BCUT2D eigenvalue weighted by Crippen LogP contribution is -2.62. The van der Waals surface area contributed by atoms with Crippen molar-refractivity contribution >= 4 is 40.9 Å². The fourth-order valence-electron chi connectivity index (χ4n) is 6.49. The van der Waals surface area contributed by atoms with Crippen LogP contribution in [-0.4, -0.2) is 83.9 Å². The van der Waals surface area contributed by atoms with E-state index in [-0.39, 0.29) is 36.2 Å². The molecule has 202 valence electrons. The normalized spacial score (nSPS) is 27.3. The predicted molar refractivity (Wildman–Crippen MR) is 143 cm³/mol. The molecule has 5 rings (SSSR count). The molecule has 2 saturated heterocycles. The fourth-order valence-corrected chi connectivity index (χ4v) is 6.81. The molecule has 3 unspecified atom stereocenters. The second-order valence-electron chi connectivity index (χ2n) is 10.9. The Kier molecular flexibility index (Phi) is 8.59. The lowest BCUT2D eigenvalue weighted by Gasteiger charge is -2.47. The zero-order valence-electron chi connectivity index (χ0n) is 21.3. The summed E-state index contributed by atoms with van der Waals surface area (Å²) < 4.78 is 0. The third kappa shape index (κ3) is 6.24. The van der Waals surface area contributed by atoms with Crippen molar-refractivity contribution in [1.29, 1.82) is 0 Å². The molecule has 4 aliphatic rings. The standard InChI is InChI=1S/C27H37Cl2N5O3/c28-22-7-5-18(13-23(22)29)15-30-25(35)16-34-17-31-24-8-6-20(14-21(24)27(34)37)32-9-11-33(12-10-32)26(36)19-3-1-2-4-19/h5,7,13,19-21,24,31H,1-4,6,8-12,14-17H2,(H,30,35). The Balaban J connectivity index is 1.10. The van der Waals surface area contributed by atoms with E-state index in [2.05, 4.69) is 20.4 Å². The lowest BCUT2D eigenvalue weighted by molar-refractivity contribution is -0.146. The molecule has 0 aromatic heterocycles. The Hall–Kier alpha value is -1.87. The van der Waals surface area contributed by atoms with Crippen LogP contribution < -0.4 is 10.6 Å². The third-order valence-electron chi connectivity index (χ3n) is 8.65. The zero-order valence-corrected chi connectivity index (χ0v) is 22.8. The summed E-state index contributed by atoms with van der Waals surface area (Å²) in [5, 5.41) is 7.29. The van der Waals surface area contributed by atoms with Gasteiger partial charge in [0.25, 0.3) is 0 Å². The van der Waals surface area contributed by atoms with Gasteiger partial charge < -0.3 is 15.1 Å². The van der Waals surface area contributed by atoms with Crippen molar-refractivity contribution in [2.75, 3.05) is 39.4 Å². The number of halogens is 2. The monoisotopic (exact) mass is 549 g/mol. The van der Waals surface area contributed by atoms with Gasteiger partial charge in [0.05, 0.1) is 22.6 Å². The van der Waals surface area contributed by atoms with Crippen LogP contribution in [-0.2, 0) is 20.9 Å². The van der Waals surface area contributed by atoms with Gasteiger partial charge in [0.15, 0.2) is 0 Å². The van der Waals surface area contributed by atoms with E-state index in [1.807, 2.05) is 6.07 Å². The molecule has 2 aliphatic carbocycles. The Bertz CT molecular complexity index is 1010. The molecule has 3 atom stereocenters. The molecule has 3 amide bonds. The quantitative estimate of drug-likeness (QED) is 0.569. The van der Waals surface area contributed by atoms with Crippen LogP contribution in [0.25, 0.3) is 0 Å². The Morgan fingerprint density at radius 3 is 2.49 bits per heavy atom. The van der Waals surface area contributed by atoms with Gasteiger partial charge in [0.2, 0.25) is 17.7 Å². The highest BCUT2D eigenvalue weighted by Crippen LogP contribution is 2.33. The molecule has 1 aromatic carbocycles. The highest BCUT2D eigenvalue weighted by atomic mass is 35.5. The van der Waals surface area contributed by atoms with E-state index in [0.717, 1.165) is 63.8 Å². The summed E-state index contributed by atoms with van der Waals surface area (Å²) in [5.74, 6) is 0.331. The number of amides is 3. The van der Waals surface area contributed by atoms with Crippen molar-refractivity contribution in [3.05, 3.63) is 33.8 Å². The molecule has 8 nitrogen and oxygen atoms in total. The number of rotatable bonds is 6. The summed E-state index contributed by atoms with van der Waals surface area (Å²) in [5.41, 5.74) is 0.853. The number of hydrogen-bond donors (Lipinski definition) is 2. The second kappa shape index (κ2) is 11.9. The molecular weight excluding hydrogens is 513 g/mol. The van der Waals surface area contributed by atoms with E-state index < -0.39 is 0 Å². The van der Waals surface area contributed by atoms with E-state index in [9.17, 15) is 14.4 Å². The van der Waals surface area contributed by atoms with Gasteiger partial charge >= 0.3 is 0 Å². The number of carbonyl (C=O) groups excluding carboxylic acids is 3. The first kappa shape index (κ1) is 26.7. The van der Waals surface area contributed by atoms with Crippen molar-refractivity contribution in [2.45, 2.75) is 63.6 Å². The van der Waals surface area contributed by atoms with Crippen LogP contribution in [0, 0.1) is 11.8 Å². The van der Waals surface area contributed by atoms with Gasteiger partial charge in [-0.15, -0.1) is 0 Å².